The number of amides is 1. The van der Waals surface area contributed by atoms with Gasteiger partial charge in [0.1, 0.15) is 12.6 Å². The summed E-state index contributed by atoms with van der Waals surface area (Å²) in [5.41, 5.74) is 3.51. The van der Waals surface area contributed by atoms with Crippen molar-refractivity contribution in [1.29, 1.82) is 0 Å². The molecule has 2 N–H and O–H groups in total. The standard InChI is InChI=1S/C31H31Cl2N5O3S/c1-4-15-42-31-36-30-34-19(3)27(29(39)35-23-9-7-6-8-10-23)28(38(30)37-31)20-12-14-25(26(16-20)40-5-2)41-18-21-11-13-22(32)17-24(21)33/h6-14,16-17,28H,4-5,15,18H2,1-3H3,(H,35,39)(H,34,36,37). The smallest absolute Gasteiger partial charge is 0.255 e. The summed E-state index contributed by atoms with van der Waals surface area (Å²) in [7, 11) is 0. The molecule has 42 heavy (non-hydrogen) atoms. The van der Waals surface area contributed by atoms with E-state index in [1.165, 1.54) is 0 Å². The van der Waals surface area contributed by atoms with Crippen LogP contribution in [0.5, 0.6) is 11.5 Å². The number of fused-ring (bicyclic) bond motifs is 1. The summed E-state index contributed by atoms with van der Waals surface area (Å²) < 4.78 is 13.9. The van der Waals surface area contributed by atoms with Crippen LogP contribution in [0, 0.1) is 0 Å². The highest BCUT2D eigenvalue weighted by molar-refractivity contribution is 7.99. The van der Waals surface area contributed by atoms with Crippen LogP contribution in [0.4, 0.5) is 11.6 Å². The fourth-order valence-corrected chi connectivity index (χ4v) is 5.73. The molecule has 8 nitrogen and oxygen atoms in total. The van der Waals surface area contributed by atoms with Gasteiger partial charge in [-0.25, -0.2) is 4.68 Å². The van der Waals surface area contributed by atoms with E-state index in [-0.39, 0.29) is 12.5 Å². The van der Waals surface area contributed by atoms with Crippen LogP contribution in [0.25, 0.3) is 0 Å². The zero-order chi connectivity index (χ0) is 29.6. The zero-order valence-electron chi connectivity index (χ0n) is 23.5. The van der Waals surface area contributed by atoms with Crippen LogP contribution in [0.15, 0.2) is 83.2 Å². The van der Waals surface area contributed by atoms with E-state index in [1.807, 2.05) is 68.4 Å². The van der Waals surface area contributed by atoms with Crippen LogP contribution >= 0.6 is 35.0 Å². The van der Waals surface area contributed by atoms with Crippen molar-refractivity contribution < 1.29 is 14.3 Å². The first-order chi connectivity index (χ1) is 20.4. The lowest BCUT2D eigenvalue weighted by atomic mass is 9.94. The minimum Gasteiger partial charge on any atom is -0.490 e. The van der Waals surface area contributed by atoms with E-state index >= 15 is 0 Å². The van der Waals surface area contributed by atoms with Crippen LogP contribution < -0.4 is 20.1 Å². The Bertz CT molecular complexity index is 1610. The second-order valence-electron chi connectivity index (χ2n) is 9.56. The molecular formula is C31H31Cl2N5O3S. The highest BCUT2D eigenvalue weighted by atomic mass is 35.5. The number of carbonyl (C=O) groups is 1. The summed E-state index contributed by atoms with van der Waals surface area (Å²) in [4.78, 5) is 18.5. The van der Waals surface area contributed by atoms with E-state index in [0.29, 0.717) is 56.2 Å². The molecule has 1 amide bonds. The number of nitrogens with one attached hydrogen (secondary N) is 2. The normalized spacial score (nSPS) is 14.3. The average Bonchev–Trinajstić information content (AvgIpc) is 3.38. The number of ether oxygens (including phenoxy) is 2. The first-order valence-electron chi connectivity index (χ1n) is 13.6. The van der Waals surface area contributed by atoms with Crippen LogP contribution in [0.2, 0.25) is 10.0 Å². The number of anilines is 2. The number of rotatable bonds is 11. The molecule has 0 fully saturated rings. The topological polar surface area (TPSA) is 90.3 Å². The van der Waals surface area contributed by atoms with E-state index < -0.39 is 6.04 Å². The first kappa shape index (κ1) is 29.8. The van der Waals surface area contributed by atoms with Gasteiger partial charge in [0.05, 0.1) is 12.2 Å². The number of para-hydroxylation sites is 1. The van der Waals surface area contributed by atoms with Crippen LogP contribution in [-0.2, 0) is 11.4 Å². The average molecular weight is 625 g/mol. The molecule has 1 aliphatic heterocycles. The minimum atomic E-state index is -0.563. The van der Waals surface area contributed by atoms with E-state index in [1.54, 1.807) is 28.6 Å². The van der Waals surface area contributed by atoms with Crippen LogP contribution in [0.3, 0.4) is 0 Å². The maximum atomic E-state index is 13.8. The van der Waals surface area contributed by atoms with Gasteiger partial charge in [0, 0.05) is 32.7 Å². The van der Waals surface area contributed by atoms with Crippen LogP contribution in [0.1, 0.15) is 44.4 Å². The third kappa shape index (κ3) is 6.69. The summed E-state index contributed by atoms with van der Waals surface area (Å²) in [6, 6.07) is 19.8. The van der Waals surface area contributed by atoms with Gasteiger partial charge < -0.3 is 20.1 Å². The Morgan fingerprint density at radius 2 is 1.86 bits per heavy atom. The molecule has 0 aliphatic carbocycles. The number of halogens is 2. The molecule has 1 aromatic heterocycles. The van der Waals surface area contributed by atoms with Gasteiger partial charge in [-0.1, -0.05) is 72.2 Å². The fraction of sp³-hybridized carbons (Fsp3) is 0.258. The molecule has 0 spiro atoms. The first-order valence-corrected chi connectivity index (χ1v) is 15.4. The fourth-order valence-electron chi connectivity index (χ4n) is 4.58. The Labute approximate surface area is 259 Å². The third-order valence-electron chi connectivity index (χ3n) is 6.53. The Hall–Kier alpha value is -3.66. The summed E-state index contributed by atoms with van der Waals surface area (Å²) in [6.45, 7) is 6.56. The molecular weight excluding hydrogens is 593 g/mol. The van der Waals surface area contributed by atoms with Gasteiger partial charge in [0.25, 0.3) is 5.91 Å². The second-order valence-corrected chi connectivity index (χ2v) is 11.5. The number of thioether (sulfide) groups is 1. The summed E-state index contributed by atoms with van der Waals surface area (Å²) in [6.07, 6.45) is 0.994. The highest BCUT2D eigenvalue weighted by Gasteiger charge is 2.35. The molecule has 0 saturated heterocycles. The van der Waals surface area contributed by atoms with Gasteiger partial charge in [-0.05, 0) is 62.2 Å². The lowest BCUT2D eigenvalue weighted by Crippen LogP contribution is -2.31. The van der Waals surface area contributed by atoms with E-state index in [9.17, 15) is 4.79 Å². The lowest BCUT2D eigenvalue weighted by Gasteiger charge is -2.29. The van der Waals surface area contributed by atoms with E-state index in [2.05, 4.69) is 17.6 Å². The molecule has 218 valence electrons. The number of hydrogen-bond donors (Lipinski definition) is 2. The minimum absolute atomic E-state index is 0.234. The zero-order valence-corrected chi connectivity index (χ0v) is 25.8. The van der Waals surface area contributed by atoms with Crippen molar-refractivity contribution in [2.24, 2.45) is 0 Å². The Morgan fingerprint density at radius 3 is 2.60 bits per heavy atom. The van der Waals surface area contributed by atoms with Gasteiger partial charge in [-0.3, -0.25) is 4.79 Å². The lowest BCUT2D eigenvalue weighted by molar-refractivity contribution is -0.113. The summed E-state index contributed by atoms with van der Waals surface area (Å²) >= 11 is 14.0. The van der Waals surface area contributed by atoms with E-state index in [0.717, 1.165) is 23.3 Å². The maximum Gasteiger partial charge on any atom is 0.255 e. The van der Waals surface area contributed by atoms with Crippen molar-refractivity contribution in [3.05, 3.63) is 99.2 Å². The number of hydrogen-bond acceptors (Lipinski definition) is 7. The van der Waals surface area contributed by atoms with Gasteiger partial charge >= 0.3 is 0 Å². The molecule has 0 saturated carbocycles. The van der Waals surface area contributed by atoms with Crippen molar-refractivity contribution in [3.63, 3.8) is 0 Å². The number of aromatic nitrogens is 3. The molecule has 3 aromatic carbocycles. The Kier molecular flexibility index (Phi) is 9.62. The summed E-state index contributed by atoms with van der Waals surface area (Å²) in [5.74, 6) is 2.31. The molecule has 5 rings (SSSR count). The van der Waals surface area contributed by atoms with Gasteiger partial charge in [0.2, 0.25) is 11.1 Å². The van der Waals surface area contributed by atoms with Gasteiger partial charge in [-0.15, -0.1) is 5.10 Å². The van der Waals surface area contributed by atoms with Crippen molar-refractivity contribution in [2.45, 2.75) is 45.0 Å². The molecule has 4 aromatic rings. The van der Waals surface area contributed by atoms with E-state index in [4.69, 9.17) is 42.8 Å². The maximum absolute atomic E-state index is 13.8. The van der Waals surface area contributed by atoms with Crippen molar-refractivity contribution in [2.75, 3.05) is 23.0 Å². The van der Waals surface area contributed by atoms with Crippen molar-refractivity contribution in [1.82, 2.24) is 14.8 Å². The van der Waals surface area contributed by atoms with Crippen molar-refractivity contribution in [3.8, 4) is 11.5 Å². The summed E-state index contributed by atoms with van der Waals surface area (Å²) in [5, 5.41) is 12.9. The largest absolute Gasteiger partial charge is 0.490 e. The highest BCUT2D eigenvalue weighted by Crippen LogP contribution is 2.40. The molecule has 1 atom stereocenters. The van der Waals surface area contributed by atoms with Crippen molar-refractivity contribution >= 4 is 52.5 Å². The number of nitrogens with zero attached hydrogens (tertiary/aromatic N) is 3. The van der Waals surface area contributed by atoms with Gasteiger partial charge in [-0.2, -0.15) is 4.98 Å². The monoisotopic (exact) mass is 623 g/mol. The molecule has 1 aliphatic rings. The Morgan fingerprint density at radius 1 is 1.05 bits per heavy atom. The second kappa shape index (κ2) is 13.5. The van der Waals surface area contributed by atoms with Crippen LogP contribution in [-0.4, -0.2) is 33.0 Å². The third-order valence-corrected chi connectivity index (χ3v) is 8.16. The predicted octanol–water partition coefficient (Wildman–Crippen LogP) is 7.99. The Balaban J connectivity index is 1.52. The SMILES string of the molecule is CCCSc1nc2n(n1)C(c1ccc(OCc3ccc(Cl)cc3Cl)c(OCC)c1)C(C(=O)Nc1ccccc1)=C(C)N2. The molecule has 11 heteroatoms. The quantitative estimate of drug-likeness (QED) is 0.164. The molecule has 2 heterocycles. The molecule has 1 unspecified atom stereocenters. The number of benzene rings is 3. The predicted molar refractivity (Wildman–Crippen MR) is 169 cm³/mol. The number of allylic oxidation sites excluding steroid dienone is 1. The molecule has 0 radical (unpaired) electrons. The molecule has 0 bridgehead atoms. The van der Waals surface area contributed by atoms with Gasteiger partial charge in [0.15, 0.2) is 11.5 Å². The number of carbonyl (C=O) groups excluding carboxylic acids is 1.